The van der Waals surface area contributed by atoms with E-state index >= 15 is 0 Å². The lowest BCUT2D eigenvalue weighted by Gasteiger charge is -2.01. The monoisotopic (exact) mass is 516 g/mol. The van der Waals surface area contributed by atoms with Crippen LogP contribution in [-0.4, -0.2) is 79.7 Å². The van der Waals surface area contributed by atoms with Gasteiger partial charge < -0.3 is 39.7 Å². The summed E-state index contributed by atoms with van der Waals surface area (Å²) in [6, 6.07) is 0. The van der Waals surface area contributed by atoms with E-state index in [0.29, 0.717) is 43.6 Å². The first-order chi connectivity index (χ1) is 16.7. The molecule has 3 aliphatic rings. The fourth-order valence-corrected chi connectivity index (χ4v) is 2.53. The van der Waals surface area contributed by atoms with Crippen molar-refractivity contribution in [3.8, 4) is 0 Å². The fourth-order valence-electron chi connectivity index (χ4n) is 2.53. The Bertz CT molecular complexity index is 802. The van der Waals surface area contributed by atoms with E-state index in [1.165, 1.54) is 0 Å². The highest BCUT2D eigenvalue weighted by molar-refractivity contribution is 5.81. The van der Waals surface area contributed by atoms with Crippen LogP contribution in [0.25, 0.3) is 0 Å². The largest absolute Gasteiger partial charge is 0.484 e. The molecule has 0 amide bonds. The molecule has 0 aromatic carbocycles. The number of rotatable bonds is 6. The predicted octanol–water partition coefficient (Wildman–Crippen LogP) is 1.41. The minimum Gasteiger partial charge on any atom is -0.484 e. The molecule has 14 heteroatoms. The second kappa shape index (κ2) is 16.3. The van der Waals surface area contributed by atoms with Gasteiger partial charge in [-0.1, -0.05) is 19.2 Å². The van der Waals surface area contributed by atoms with Gasteiger partial charge in [0, 0.05) is 44.6 Å². The van der Waals surface area contributed by atoms with Gasteiger partial charge in [-0.05, 0) is 0 Å². The Morgan fingerprint density at radius 3 is 1.31 bits per heavy atom. The first-order valence-electron chi connectivity index (χ1n) is 10.4. The summed E-state index contributed by atoms with van der Waals surface area (Å²) in [6.07, 6.45) is 2.49. The molecule has 0 aromatic rings. The Morgan fingerprint density at radius 2 is 1.11 bits per heavy atom. The van der Waals surface area contributed by atoms with E-state index in [1.54, 1.807) is 0 Å². The predicted molar refractivity (Wildman–Crippen MR) is 118 cm³/mol. The van der Waals surface area contributed by atoms with Gasteiger partial charge in [0.15, 0.2) is 18.3 Å². The van der Waals surface area contributed by atoms with Crippen LogP contribution in [0.15, 0.2) is 36.8 Å². The maximum absolute atomic E-state index is 10.3. The average Bonchev–Trinajstić information content (AvgIpc) is 3.50. The van der Waals surface area contributed by atoms with Gasteiger partial charge >= 0.3 is 35.8 Å². The summed E-state index contributed by atoms with van der Waals surface area (Å²) < 4.78 is 14.0. The van der Waals surface area contributed by atoms with Gasteiger partial charge in [-0.2, -0.15) is 0 Å². The number of cyclic esters (lactones) is 1. The number of carboxylic acids is 5. The molecule has 0 radical (unpaired) electrons. The maximum atomic E-state index is 10.3. The van der Waals surface area contributed by atoms with Crippen LogP contribution in [-0.2, 0) is 43.0 Å². The second-order valence-electron chi connectivity index (χ2n) is 7.24. The summed E-state index contributed by atoms with van der Waals surface area (Å²) in [6.45, 7) is 7.00. The number of hydrogen-bond donors (Lipinski definition) is 5. The molecule has 200 valence electrons. The third-order valence-corrected chi connectivity index (χ3v) is 4.25. The summed E-state index contributed by atoms with van der Waals surface area (Å²) in [7, 11) is 0. The number of carbonyl (C=O) groups excluding carboxylic acids is 1. The summed E-state index contributed by atoms with van der Waals surface area (Å²) >= 11 is 0. The highest BCUT2D eigenvalue weighted by Crippen LogP contribution is 2.21. The molecule has 0 bridgehead atoms. The Kier molecular flexibility index (Phi) is 14.3. The Hall–Kier alpha value is -4.36. The summed E-state index contributed by atoms with van der Waals surface area (Å²) in [5, 5.41) is 40.9. The average molecular weight is 516 g/mol. The second-order valence-corrected chi connectivity index (χ2v) is 7.24. The SMILES string of the molecule is C=C1CC[C@@H](C(=O)O)O1.C=C1CC[C@H](C(=O)O)O1.O=C(O)/C=C/CC(=O)O.O=C1CCC(C(=O)O)O1. The van der Waals surface area contributed by atoms with Crippen molar-refractivity contribution in [3.05, 3.63) is 36.8 Å². The van der Waals surface area contributed by atoms with Crippen molar-refractivity contribution < 1.29 is 68.5 Å². The van der Waals surface area contributed by atoms with Crippen LogP contribution in [0, 0.1) is 0 Å². The molecule has 3 rings (SSSR count). The fraction of sp³-hybridized carbons (Fsp3) is 0.455. The lowest BCUT2D eigenvalue weighted by atomic mass is 10.2. The van der Waals surface area contributed by atoms with Crippen LogP contribution in [0.2, 0.25) is 0 Å². The van der Waals surface area contributed by atoms with Crippen LogP contribution < -0.4 is 0 Å². The first-order valence-corrected chi connectivity index (χ1v) is 10.4. The van der Waals surface area contributed by atoms with Gasteiger partial charge in [-0.25, -0.2) is 19.2 Å². The number of ether oxygens (including phenoxy) is 3. The molecule has 5 N–H and O–H groups in total. The Morgan fingerprint density at radius 1 is 0.722 bits per heavy atom. The van der Waals surface area contributed by atoms with Crippen molar-refractivity contribution in [1.29, 1.82) is 0 Å². The molecule has 1 unspecified atom stereocenters. The summed E-state index contributed by atoms with van der Waals surface area (Å²) in [5.74, 6) is -4.25. The van der Waals surface area contributed by atoms with Gasteiger partial charge in [-0.15, -0.1) is 0 Å². The van der Waals surface area contributed by atoms with Crippen molar-refractivity contribution in [2.75, 3.05) is 0 Å². The lowest BCUT2D eigenvalue weighted by molar-refractivity contribution is -0.156. The first kappa shape index (κ1) is 31.6. The van der Waals surface area contributed by atoms with Crippen molar-refractivity contribution >= 4 is 35.8 Å². The lowest BCUT2D eigenvalue weighted by Crippen LogP contribution is -2.18. The smallest absolute Gasteiger partial charge is 0.345 e. The van der Waals surface area contributed by atoms with Gasteiger partial charge in [0.1, 0.15) is 0 Å². The Labute approximate surface area is 205 Å². The van der Waals surface area contributed by atoms with Crippen LogP contribution in [0.5, 0.6) is 0 Å². The van der Waals surface area contributed by atoms with E-state index in [2.05, 4.69) is 17.9 Å². The van der Waals surface area contributed by atoms with Crippen molar-refractivity contribution in [2.45, 2.75) is 63.3 Å². The van der Waals surface area contributed by atoms with E-state index < -0.39 is 54.1 Å². The molecule has 0 aromatic heterocycles. The zero-order chi connectivity index (χ0) is 27.8. The standard InChI is InChI=1S/2C6H8O3.2C5H6O4/c2*1-4-2-3-5(9-4)6(7)8;6-4-2-1-3(9-4)5(7)8;6-4(7)2-1-3-5(8)9/h2*5H,1-3H2,(H,7,8);3H,1-2H2,(H,7,8);1-2H,3H2,(H,6,7)(H,8,9)/b;;;2-1+/t2*5-;;/m10../s1. The maximum Gasteiger partial charge on any atom is 0.345 e. The van der Waals surface area contributed by atoms with Crippen LogP contribution in [0.4, 0.5) is 0 Å². The number of carbonyl (C=O) groups is 6. The summed E-state index contributed by atoms with van der Waals surface area (Å²) in [4.78, 5) is 60.1. The van der Waals surface area contributed by atoms with Crippen molar-refractivity contribution in [2.24, 2.45) is 0 Å². The zero-order valence-electron chi connectivity index (χ0n) is 19.2. The molecule has 3 heterocycles. The normalized spacial score (nSPS) is 21.8. The van der Waals surface area contributed by atoms with Gasteiger partial charge in [-0.3, -0.25) is 9.59 Å². The molecule has 3 atom stereocenters. The van der Waals surface area contributed by atoms with Crippen molar-refractivity contribution in [1.82, 2.24) is 0 Å². The van der Waals surface area contributed by atoms with Crippen molar-refractivity contribution in [3.63, 3.8) is 0 Å². The highest BCUT2D eigenvalue weighted by Gasteiger charge is 2.29. The number of esters is 1. The van der Waals surface area contributed by atoms with E-state index in [1.807, 2.05) is 0 Å². The molecule has 0 saturated carbocycles. The molecule has 0 aliphatic carbocycles. The number of hydrogen-bond acceptors (Lipinski definition) is 9. The number of allylic oxidation sites excluding steroid dienone is 2. The molecular weight excluding hydrogens is 488 g/mol. The van der Waals surface area contributed by atoms with E-state index in [0.717, 1.165) is 12.2 Å². The number of carboxylic acid groups (broad SMARTS) is 5. The zero-order valence-corrected chi connectivity index (χ0v) is 19.2. The highest BCUT2D eigenvalue weighted by atomic mass is 16.6. The van der Waals surface area contributed by atoms with Crippen LogP contribution >= 0.6 is 0 Å². The molecule has 14 nitrogen and oxygen atoms in total. The molecule has 3 saturated heterocycles. The molecular formula is C22H28O14. The topological polar surface area (TPSA) is 231 Å². The van der Waals surface area contributed by atoms with E-state index in [9.17, 15) is 28.8 Å². The third-order valence-electron chi connectivity index (χ3n) is 4.25. The van der Waals surface area contributed by atoms with Gasteiger partial charge in [0.2, 0.25) is 0 Å². The Balaban J connectivity index is 0.000000454. The number of aliphatic carboxylic acids is 5. The van der Waals surface area contributed by atoms with Gasteiger partial charge in [0.25, 0.3) is 0 Å². The van der Waals surface area contributed by atoms with E-state index in [-0.39, 0.29) is 12.8 Å². The molecule has 3 fully saturated rings. The minimum absolute atomic E-state index is 0.233. The minimum atomic E-state index is -1.13. The van der Waals surface area contributed by atoms with Gasteiger partial charge in [0.05, 0.1) is 17.9 Å². The third kappa shape index (κ3) is 14.7. The quantitative estimate of drug-likeness (QED) is 0.248. The molecule has 3 aliphatic heterocycles. The van der Waals surface area contributed by atoms with E-state index in [4.69, 9.17) is 35.0 Å². The van der Waals surface area contributed by atoms with Crippen LogP contribution in [0.1, 0.15) is 44.9 Å². The molecule has 36 heavy (non-hydrogen) atoms. The molecule has 0 spiro atoms. The van der Waals surface area contributed by atoms with Crippen LogP contribution in [0.3, 0.4) is 0 Å². The summed E-state index contributed by atoms with van der Waals surface area (Å²) in [5.41, 5.74) is 0.